The SMILES string of the molecule is CCCCCC/C=C\CCCCCCCC(=O)OC[C@H](COP(=O)(O)OP(=O)(O)OC[C@H]1O[C@@H](n2ccc(N)nc2=O)[C@H](O)[C@@H]1O)OC(=O)CCC/C=C\C/C=C\C/C=C\C/C=C\CCC[C@H](C)O. The van der Waals surface area contributed by atoms with Gasteiger partial charge in [0.2, 0.25) is 0 Å². The van der Waals surface area contributed by atoms with Gasteiger partial charge in [-0.2, -0.15) is 9.29 Å². The number of aromatic nitrogens is 2. The van der Waals surface area contributed by atoms with Crippen molar-refractivity contribution in [1.29, 1.82) is 0 Å². The number of nitrogen functional groups attached to an aromatic ring is 1. The fraction of sp³-hybridized carbons (Fsp3) is 0.667. The van der Waals surface area contributed by atoms with E-state index in [0.29, 0.717) is 25.7 Å². The molecule has 392 valence electrons. The number of aliphatic hydroxyl groups is 3. The number of nitrogens with zero attached hydrogens (tertiary/aromatic N) is 2. The molecule has 19 nitrogen and oxygen atoms in total. The van der Waals surface area contributed by atoms with Gasteiger partial charge in [-0.05, 0) is 96.5 Å². The van der Waals surface area contributed by atoms with Crippen LogP contribution in [0.5, 0.6) is 0 Å². The molecule has 2 rings (SSSR count). The Kier molecular flexibility index (Phi) is 32.4. The minimum atomic E-state index is -5.44. The lowest BCUT2D eigenvalue weighted by molar-refractivity contribution is -0.161. The van der Waals surface area contributed by atoms with Crippen molar-refractivity contribution < 1.29 is 71.4 Å². The van der Waals surface area contributed by atoms with E-state index in [9.17, 15) is 48.6 Å². The van der Waals surface area contributed by atoms with E-state index < -0.39 is 83.7 Å². The van der Waals surface area contributed by atoms with Crippen LogP contribution in [-0.4, -0.2) is 96.9 Å². The van der Waals surface area contributed by atoms with Gasteiger partial charge in [0.1, 0.15) is 30.7 Å². The standard InChI is InChI=1S/C48H79N3O16P2/c1-3-4-5-6-7-8-9-13-17-20-23-26-29-32-43(53)62-36-40(65-44(54)33-30-27-24-21-18-15-12-10-11-14-16-19-22-25-28-31-39(2)52)37-63-68(58,59)67-69(60,61)64-38-41-45(55)46(56)47(66-41)51-35-34-42(49)50-48(51)57/h8-9,11-12,14-15,19,21-22,24,34-35,39-41,45-47,52,55-56H,3-7,10,13,16-18,20,23,25-33,36-38H2,1-2H3,(H,58,59)(H,60,61)(H2,49,50,57)/b9-8-,14-11-,15-12-,22-19-,24-21-/t39-,40+,41+,45+,46+,47+/m0/s1. The Morgan fingerprint density at radius 1 is 0.754 bits per heavy atom. The zero-order valence-electron chi connectivity index (χ0n) is 40.5. The molecule has 69 heavy (non-hydrogen) atoms. The molecule has 1 aromatic heterocycles. The van der Waals surface area contributed by atoms with Gasteiger partial charge < -0.3 is 45.1 Å². The average Bonchev–Trinajstić information content (AvgIpc) is 3.57. The van der Waals surface area contributed by atoms with Gasteiger partial charge in [-0.3, -0.25) is 23.2 Å². The van der Waals surface area contributed by atoms with Crippen LogP contribution in [0, 0.1) is 0 Å². The number of carbonyl (C=O) groups is 2. The second-order valence-corrected chi connectivity index (χ2v) is 19.9. The lowest BCUT2D eigenvalue weighted by atomic mass is 10.1. The number of unbranched alkanes of at least 4 members (excludes halogenated alkanes) is 11. The molecule has 1 aliphatic heterocycles. The zero-order chi connectivity index (χ0) is 50.8. The Morgan fingerprint density at radius 3 is 1.91 bits per heavy atom. The van der Waals surface area contributed by atoms with Gasteiger partial charge in [0, 0.05) is 19.0 Å². The van der Waals surface area contributed by atoms with Gasteiger partial charge >= 0.3 is 33.3 Å². The maximum Gasteiger partial charge on any atom is 0.481 e. The van der Waals surface area contributed by atoms with Crippen molar-refractivity contribution in [3.8, 4) is 0 Å². The van der Waals surface area contributed by atoms with Gasteiger partial charge in [0.25, 0.3) is 0 Å². The second-order valence-electron chi connectivity index (χ2n) is 16.9. The summed E-state index contributed by atoms with van der Waals surface area (Å²) < 4.78 is 56.6. The summed E-state index contributed by atoms with van der Waals surface area (Å²) in [5, 5.41) is 30.2. The fourth-order valence-corrected chi connectivity index (χ4v) is 8.90. The number of hydrogen-bond acceptors (Lipinski definition) is 16. The first kappa shape index (κ1) is 61.5. The van der Waals surface area contributed by atoms with Crippen molar-refractivity contribution in [1.82, 2.24) is 9.55 Å². The van der Waals surface area contributed by atoms with Crippen LogP contribution in [0.15, 0.2) is 77.8 Å². The molecule has 1 fully saturated rings. The Labute approximate surface area is 407 Å². The molecule has 0 saturated carbocycles. The number of phosphoric ester groups is 2. The summed E-state index contributed by atoms with van der Waals surface area (Å²) in [6, 6.07) is 1.24. The number of carbonyl (C=O) groups excluding carboxylic acids is 2. The first-order valence-corrected chi connectivity index (χ1v) is 27.3. The maximum absolute atomic E-state index is 12.8. The van der Waals surface area contributed by atoms with Crippen LogP contribution in [0.2, 0.25) is 0 Å². The predicted octanol–water partition coefficient (Wildman–Crippen LogP) is 8.52. The number of ether oxygens (including phenoxy) is 3. The number of allylic oxidation sites excluding steroid dienone is 10. The fourth-order valence-electron chi connectivity index (χ4n) is 6.79. The van der Waals surface area contributed by atoms with Crippen LogP contribution >= 0.6 is 15.6 Å². The first-order valence-electron chi connectivity index (χ1n) is 24.3. The van der Waals surface area contributed by atoms with Crippen LogP contribution in [0.25, 0.3) is 0 Å². The number of anilines is 1. The van der Waals surface area contributed by atoms with Crippen molar-refractivity contribution in [2.45, 2.75) is 185 Å². The van der Waals surface area contributed by atoms with Gasteiger partial charge in [-0.25, -0.2) is 13.9 Å². The molecule has 2 heterocycles. The van der Waals surface area contributed by atoms with E-state index in [1.165, 1.54) is 31.7 Å². The molecular weight excluding hydrogens is 936 g/mol. The number of nitrogens with two attached hydrogens (primary N) is 1. The molecule has 0 radical (unpaired) electrons. The third kappa shape index (κ3) is 30.0. The van der Waals surface area contributed by atoms with Gasteiger partial charge in [0.05, 0.1) is 19.3 Å². The molecule has 7 N–H and O–H groups in total. The minimum Gasteiger partial charge on any atom is -0.462 e. The molecule has 0 aromatic carbocycles. The van der Waals surface area contributed by atoms with Crippen LogP contribution in [0.1, 0.15) is 155 Å². The van der Waals surface area contributed by atoms with Crippen molar-refractivity contribution in [2.24, 2.45) is 0 Å². The summed E-state index contributed by atoms with van der Waals surface area (Å²) >= 11 is 0. The van der Waals surface area contributed by atoms with E-state index >= 15 is 0 Å². The van der Waals surface area contributed by atoms with E-state index in [1.807, 2.05) is 18.2 Å². The van der Waals surface area contributed by atoms with E-state index in [-0.39, 0.29) is 24.8 Å². The number of rotatable bonds is 39. The van der Waals surface area contributed by atoms with Crippen molar-refractivity contribution in [3.05, 3.63) is 83.5 Å². The minimum absolute atomic E-state index is 0.0414. The van der Waals surface area contributed by atoms with Crippen LogP contribution in [0.3, 0.4) is 0 Å². The summed E-state index contributed by atoms with van der Waals surface area (Å²) in [6.07, 6.45) is 31.6. The molecule has 0 aliphatic carbocycles. The van der Waals surface area contributed by atoms with E-state index in [0.717, 1.165) is 81.4 Å². The third-order valence-electron chi connectivity index (χ3n) is 10.6. The number of phosphoric acid groups is 2. The molecule has 8 atom stereocenters. The molecule has 21 heteroatoms. The average molecular weight is 1020 g/mol. The number of esters is 2. The summed E-state index contributed by atoms with van der Waals surface area (Å²) in [4.78, 5) is 61.8. The first-order chi connectivity index (χ1) is 33.0. The highest BCUT2D eigenvalue weighted by atomic mass is 31.3. The van der Waals surface area contributed by atoms with E-state index in [2.05, 4.69) is 58.8 Å². The summed E-state index contributed by atoms with van der Waals surface area (Å²) in [6.45, 7) is 1.61. The molecule has 1 aromatic rings. The Morgan fingerprint density at radius 2 is 1.29 bits per heavy atom. The Balaban J connectivity index is 1.85. The molecule has 0 amide bonds. The van der Waals surface area contributed by atoms with Gasteiger partial charge in [-0.1, -0.05) is 106 Å². The van der Waals surface area contributed by atoms with Crippen LogP contribution in [-0.2, 0) is 46.3 Å². The van der Waals surface area contributed by atoms with Gasteiger partial charge in [-0.15, -0.1) is 0 Å². The number of hydrogen-bond donors (Lipinski definition) is 6. The van der Waals surface area contributed by atoms with Crippen LogP contribution < -0.4 is 11.4 Å². The van der Waals surface area contributed by atoms with Crippen molar-refractivity contribution >= 4 is 33.4 Å². The monoisotopic (exact) mass is 1020 g/mol. The maximum atomic E-state index is 12.8. The van der Waals surface area contributed by atoms with Crippen LogP contribution in [0.4, 0.5) is 5.82 Å². The van der Waals surface area contributed by atoms with E-state index in [1.54, 1.807) is 6.92 Å². The smallest absolute Gasteiger partial charge is 0.462 e. The molecule has 2 unspecified atom stereocenters. The van der Waals surface area contributed by atoms with Crippen molar-refractivity contribution in [2.75, 3.05) is 25.6 Å². The Bertz CT molecular complexity index is 1900. The molecule has 0 bridgehead atoms. The lowest BCUT2D eigenvalue weighted by Crippen LogP contribution is -2.36. The molecule has 0 spiro atoms. The van der Waals surface area contributed by atoms with Gasteiger partial charge in [0.15, 0.2) is 12.3 Å². The summed E-state index contributed by atoms with van der Waals surface area (Å²) in [5.74, 6) is -1.40. The Hall–Kier alpha value is -3.58. The second kappa shape index (κ2) is 36.4. The lowest BCUT2D eigenvalue weighted by Gasteiger charge is -2.21. The van der Waals surface area contributed by atoms with Crippen molar-refractivity contribution in [3.63, 3.8) is 0 Å². The molecule has 1 saturated heterocycles. The predicted molar refractivity (Wildman–Crippen MR) is 262 cm³/mol. The zero-order valence-corrected chi connectivity index (χ0v) is 42.2. The molecule has 1 aliphatic rings. The molecular formula is C48H79N3O16P2. The third-order valence-corrected chi connectivity index (χ3v) is 13.2. The highest BCUT2D eigenvalue weighted by molar-refractivity contribution is 7.61. The quantitative estimate of drug-likeness (QED) is 0.0156. The van der Waals surface area contributed by atoms with E-state index in [4.69, 9.17) is 29.0 Å². The summed E-state index contributed by atoms with van der Waals surface area (Å²) in [7, 11) is -10.9. The highest BCUT2D eigenvalue weighted by Crippen LogP contribution is 2.60. The largest absolute Gasteiger partial charge is 0.481 e. The highest BCUT2D eigenvalue weighted by Gasteiger charge is 2.46. The topological polar surface area (TPSA) is 286 Å². The number of aliphatic hydroxyl groups excluding tert-OH is 3. The normalized spacial score (nSPS) is 20.3. The summed E-state index contributed by atoms with van der Waals surface area (Å²) in [5.41, 5.74) is 4.57.